The highest BCUT2D eigenvalue weighted by atomic mass is 32.2. The number of hydrogen-bond donors (Lipinski definition) is 0. The lowest BCUT2D eigenvalue weighted by Gasteiger charge is -2.36. The van der Waals surface area contributed by atoms with E-state index in [4.69, 9.17) is 4.74 Å². The van der Waals surface area contributed by atoms with E-state index in [1.54, 1.807) is 29.2 Å². The van der Waals surface area contributed by atoms with Crippen molar-refractivity contribution in [2.24, 2.45) is 5.92 Å². The van der Waals surface area contributed by atoms with Crippen molar-refractivity contribution < 1.29 is 17.9 Å². The van der Waals surface area contributed by atoms with Crippen LogP contribution in [-0.4, -0.2) is 97.5 Å². The fourth-order valence-electron chi connectivity index (χ4n) is 6.98. The van der Waals surface area contributed by atoms with Crippen molar-refractivity contribution in [1.29, 1.82) is 5.26 Å². The van der Waals surface area contributed by atoms with Gasteiger partial charge in [0.1, 0.15) is 11.8 Å². The van der Waals surface area contributed by atoms with Gasteiger partial charge in [-0.25, -0.2) is 13.2 Å². The van der Waals surface area contributed by atoms with Crippen molar-refractivity contribution in [3.8, 4) is 11.8 Å². The summed E-state index contributed by atoms with van der Waals surface area (Å²) in [7, 11) is 1.39. The molecule has 0 spiro atoms. The molecule has 4 aromatic rings. The van der Waals surface area contributed by atoms with Crippen molar-refractivity contribution in [2.75, 3.05) is 53.9 Å². The maximum absolute atomic E-state index is 14.6. The van der Waals surface area contributed by atoms with Gasteiger partial charge in [-0.2, -0.15) is 9.23 Å². The molecule has 3 heterocycles. The number of likely N-dealkylation sites (tertiary alicyclic amines) is 2. The summed E-state index contributed by atoms with van der Waals surface area (Å²) in [4.78, 5) is 35.5. The van der Waals surface area contributed by atoms with Crippen LogP contribution >= 0.6 is 0 Å². The van der Waals surface area contributed by atoms with Gasteiger partial charge in [-0.1, -0.05) is 30.3 Å². The summed E-state index contributed by atoms with van der Waals surface area (Å²) >= 11 is 0. The Morgan fingerprint density at radius 1 is 1.00 bits per heavy atom. The topological polar surface area (TPSA) is 121 Å². The maximum atomic E-state index is 14.6. The first-order valence-corrected chi connectivity index (χ1v) is 17.4. The third kappa shape index (κ3) is 6.31. The highest BCUT2D eigenvalue weighted by Crippen LogP contribution is 2.30. The number of rotatable bonds is 9. The Balaban J connectivity index is 1.40. The summed E-state index contributed by atoms with van der Waals surface area (Å²) in [5, 5.41) is 9.74. The molecule has 3 aromatic carbocycles. The Kier molecular flexibility index (Phi) is 9.23. The van der Waals surface area contributed by atoms with Crippen molar-refractivity contribution in [3.63, 3.8) is 0 Å². The largest absolute Gasteiger partial charge is 0.497 e. The molecule has 6 rings (SSSR count). The number of fused-ring (bicyclic) bond motifs is 1. The number of carbonyl (C=O) groups excluding carboxylic acids is 1. The first kappa shape index (κ1) is 32.5. The van der Waals surface area contributed by atoms with E-state index >= 15 is 0 Å². The lowest BCUT2D eigenvalue weighted by Crippen LogP contribution is -2.44. The van der Waals surface area contributed by atoms with E-state index in [9.17, 15) is 23.3 Å². The molecule has 2 saturated heterocycles. The van der Waals surface area contributed by atoms with Gasteiger partial charge in [0.05, 0.1) is 34.7 Å². The molecule has 0 bridgehead atoms. The van der Waals surface area contributed by atoms with Gasteiger partial charge in [-0.3, -0.25) is 9.36 Å². The molecule has 246 valence electrons. The third-order valence-electron chi connectivity index (χ3n) is 9.62. The average molecular weight is 657 g/mol. The standard InChI is InChI=1S/C35H40N6O5S/c1-37-18-16-28(17-19-37)38(2)23-26-15-20-39(24-26)34(42)33(27-7-5-4-6-8-27)40-32-21-25(22-36)9-14-31(32)41(35(40)43)47(44,45)30-12-10-29(46-3)11-13-30/h4-14,21,26,28,33H,15-20,23-24H2,1-3H3/t26-,33?/m1/s1. The normalized spacial score (nSPS) is 18.4. The van der Waals surface area contributed by atoms with E-state index in [2.05, 4.69) is 30.0 Å². The zero-order valence-electron chi connectivity index (χ0n) is 26.9. The number of benzene rings is 3. The van der Waals surface area contributed by atoms with E-state index in [1.807, 2.05) is 6.07 Å². The molecule has 2 atom stereocenters. The third-order valence-corrected chi connectivity index (χ3v) is 11.3. The Bertz CT molecular complexity index is 1960. The molecule has 1 aromatic heterocycles. The molecule has 0 N–H and O–H groups in total. The number of carbonyl (C=O) groups is 1. The van der Waals surface area contributed by atoms with Crippen LogP contribution in [0.2, 0.25) is 0 Å². The Labute approximate surface area is 275 Å². The number of amides is 1. The van der Waals surface area contributed by atoms with Crippen LogP contribution in [0.25, 0.3) is 11.0 Å². The first-order chi connectivity index (χ1) is 22.6. The predicted molar refractivity (Wildman–Crippen MR) is 179 cm³/mol. The van der Waals surface area contributed by atoms with Gasteiger partial charge in [0.25, 0.3) is 10.0 Å². The maximum Gasteiger partial charge on any atom is 0.344 e. The van der Waals surface area contributed by atoms with Gasteiger partial charge in [0, 0.05) is 25.7 Å². The highest BCUT2D eigenvalue weighted by molar-refractivity contribution is 7.90. The molecule has 1 unspecified atom stereocenters. The molecule has 11 nitrogen and oxygen atoms in total. The minimum absolute atomic E-state index is 0.0811. The average Bonchev–Trinajstić information content (AvgIpc) is 3.67. The van der Waals surface area contributed by atoms with Gasteiger partial charge < -0.3 is 19.4 Å². The molecular weight excluding hydrogens is 616 g/mol. The highest BCUT2D eigenvalue weighted by Gasteiger charge is 2.37. The van der Waals surface area contributed by atoms with Crippen molar-refractivity contribution in [1.82, 2.24) is 23.2 Å². The van der Waals surface area contributed by atoms with E-state index in [-0.39, 0.29) is 33.3 Å². The zero-order chi connectivity index (χ0) is 33.3. The van der Waals surface area contributed by atoms with Crippen molar-refractivity contribution >= 4 is 27.0 Å². The van der Waals surface area contributed by atoms with Gasteiger partial charge in [0.2, 0.25) is 5.91 Å². The number of aromatic nitrogens is 2. The van der Waals surface area contributed by atoms with Crippen LogP contribution in [-0.2, 0) is 14.8 Å². The summed E-state index contributed by atoms with van der Waals surface area (Å²) in [6, 6.07) is 20.6. The number of nitrogens with zero attached hydrogens (tertiary/aromatic N) is 6. The second kappa shape index (κ2) is 13.4. The van der Waals surface area contributed by atoms with Crippen LogP contribution in [0.4, 0.5) is 0 Å². The number of ether oxygens (including phenoxy) is 1. The number of nitriles is 1. The molecular formula is C35H40N6O5S. The van der Waals surface area contributed by atoms with Crippen LogP contribution in [0.15, 0.2) is 82.5 Å². The second-order valence-electron chi connectivity index (χ2n) is 12.6. The molecule has 0 radical (unpaired) electrons. The first-order valence-electron chi connectivity index (χ1n) is 15.9. The van der Waals surface area contributed by atoms with Gasteiger partial charge in [-0.15, -0.1) is 0 Å². The van der Waals surface area contributed by atoms with Gasteiger partial charge in [0.15, 0.2) is 0 Å². The Morgan fingerprint density at radius 3 is 2.36 bits per heavy atom. The molecule has 0 aliphatic carbocycles. The Morgan fingerprint density at radius 2 is 1.70 bits per heavy atom. The SMILES string of the molecule is COc1ccc(S(=O)(=O)n2c(=O)n(C(C(=O)N3CC[C@H](CN(C)C4CCN(C)CC4)C3)c3ccccc3)c3cc(C#N)ccc32)cc1. The lowest BCUT2D eigenvalue weighted by molar-refractivity contribution is -0.132. The molecule has 12 heteroatoms. The molecule has 0 saturated carbocycles. The number of hydrogen-bond acceptors (Lipinski definition) is 8. The van der Waals surface area contributed by atoms with E-state index < -0.39 is 21.8 Å². The fraction of sp³-hybridized carbons (Fsp3) is 0.400. The fourth-order valence-corrected chi connectivity index (χ4v) is 8.38. The summed E-state index contributed by atoms with van der Waals surface area (Å²) < 4.78 is 35.3. The van der Waals surface area contributed by atoms with Crippen LogP contribution < -0.4 is 10.4 Å². The molecule has 2 fully saturated rings. The van der Waals surface area contributed by atoms with Crippen LogP contribution in [0.5, 0.6) is 5.75 Å². The van der Waals surface area contributed by atoms with Crippen LogP contribution in [0, 0.1) is 17.2 Å². The minimum Gasteiger partial charge on any atom is -0.497 e. The Hall–Kier alpha value is -4.44. The zero-order valence-corrected chi connectivity index (χ0v) is 27.8. The molecule has 2 aliphatic heterocycles. The van der Waals surface area contributed by atoms with E-state index in [0.717, 1.165) is 42.9 Å². The summed E-state index contributed by atoms with van der Waals surface area (Å²) in [6.45, 7) is 4.11. The molecule has 2 aliphatic rings. The van der Waals surface area contributed by atoms with E-state index in [0.29, 0.717) is 30.4 Å². The summed E-state index contributed by atoms with van der Waals surface area (Å²) in [5.74, 6) is 0.457. The monoisotopic (exact) mass is 656 g/mol. The quantitative estimate of drug-likeness (QED) is 0.269. The van der Waals surface area contributed by atoms with Gasteiger partial charge >= 0.3 is 5.69 Å². The van der Waals surface area contributed by atoms with Crippen LogP contribution in [0.1, 0.15) is 36.4 Å². The molecule has 47 heavy (non-hydrogen) atoms. The van der Waals surface area contributed by atoms with Crippen LogP contribution in [0.3, 0.4) is 0 Å². The number of methoxy groups -OCH3 is 1. The smallest absolute Gasteiger partial charge is 0.344 e. The predicted octanol–water partition coefficient (Wildman–Crippen LogP) is 3.38. The van der Waals surface area contributed by atoms with Crippen molar-refractivity contribution in [2.45, 2.75) is 36.2 Å². The minimum atomic E-state index is -4.41. The molecule has 1 amide bonds. The number of piperidine rings is 1. The lowest BCUT2D eigenvalue weighted by atomic mass is 10.0. The number of imidazole rings is 1. The second-order valence-corrected chi connectivity index (χ2v) is 14.4. The van der Waals surface area contributed by atoms with E-state index in [1.165, 1.54) is 54.1 Å². The summed E-state index contributed by atoms with van der Waals surface area (Å²) in [6.07, 6.45) is 3.08. The van der Waals surface area contributed by atoms with Gasteiger partial charge in [-0.05, 0) is 100 Å². The van der Waals surface area contributed by atoms with Crippen molar-refractivity contribution in [3.05, 3.63) is 94.4 Å². The summed E-state index contributed by atoms with van der Waals surface area (Å²) in [5.41, 5.74) is 0.173.